The van der Waals surface area contributed by atoms with Gasteiger partial charge in [0.2, 0.25) is 0 Å². The fourth-order valence-corrected chi connectivity index (χ4v) is 1.61. The monoisotopic (exact) mass is 181 g/mol. The molecule has 0 amide bonds. The molecule has 3 N–H and O–H groups in total. The molecule has 1 saturated carbocycles. The molecular formula is C9H15N3O. The van der Waals surface area contributed by atoms with Gasteiger partial charge in [0, 0.05) is 17.8 Å². The van der Waals surface area contributed by atoms with Crippen LogP contribution >= 0.6 is 0 Å². The molecule has 2 rings (SSSR count). The molecule has 1 unspecified atom stereocenters. The van der Waals surface area contributed by atoms with Crippen LogP contribution in [0.1, 0.15) is 37.5 Å². The van der Waals surface area contributed by atoms with E-state index in [1.54, 1.807) is 13.1 Å². The number of hydrogen-bond acceptors (Lipinski definition) is 3. The van der Waals surface area contributed by atoms with Crippen molar-refractivity contribution in [3.05, 3.63) is 18.0 Å². The van der Waals surface area contributed by atoms with Gasteiger partial charge in [-0.1, -0.05) is 0 Å². The maximum absolute atomic E-state index is 9.28. The van der Waals surface area contributed by atoms with Crippen molar-refractivity contribution in [2.24, 2.45) is 5.73 Å². The highest BCUT2D eigenvalue weighted by atomic mass is 16.3. The maximum atomic E-state index is 9.28. The minimum atomic E-state index is -0.428. The van der Waals surface area contributed by atoms with Gasteiger partial charge in [-0.3, -0.25) is 4.68 Å². The molecule has 0 saturated heterocycles. The molecule has 0 bridgehead atoms. The van der Waals surface area contributed by atoms with Gasteiger partial charge in [-0.25, -0.2) is 0 Å². The molecule has 0 radical (unpaired) electrons. The predicted octanol–water partition coefficient (Wildman–Crippen LogP) is 0.599. The molecule has 0 aromatic carbocycles. The Labute approximate surface area is 77.4 Å². The fraction of sp³-hybridized carbons (Fsp3) is 0.667. The third kappa shape index (κ3) is 1.59. The van der Waals surface area contributed by atoms with E-state index < -0.39 is 6.10 Å². The van der Waals surface area contributed by atoms with Gasteiger partial charge in [0.25, 0.3) is 0 Å². The Morgan fingerprint density at radius 1 is 1.69 bits per heavy atom. The molecule has 13 heavy (non-hydrogen) atoms. The third-order valence-electron chi connectivity index (χ3n) is 2.63. The first-order valence-corrected chi connectivity index (χ1v) is 4.64. The summed E-state index contributed by atoms with van der Waals surface area (Å²) in [6.45, 7) is 1.74. The van der Waals surface area contributed by atoms with Crippen molar-refractivity contribution in [3.8, 4) is 0 Å². The zero-order chi connectivity index (χ0) is 9.42. The smallest absolute Gasteiger partial charge is 0.0792 e. The highest BCUT2D eigenvalue weighted by molar-refractivity contribution is 5.08. The molecule has 4 heteroatoms. The van der Waals surface area contributed by atoms with Crippen LogP contribution in [-0.2, 0) is 0 Å². The summed E-state index contributed by atoms with van der Waals surface area (Å²) in [5.41, 5.74) is 6.56. The van der Waals surface area contributed by atoms with Crippen LogP contribution in [-0.4, -0.2) is 20.9 Å². The maximum Gasteiger partial charge on any atom is 0.0792 e. The van der Waals surface area contributed by atoms with Crippen LogP contribution < -0.4 is 5.73 Å². The average Bonchev–Trinajstić information content (AvgIpc) is 2.46. The standard InChI is InChI=1S/C9H15N3O/c1-6(13)7-4-11-12(5-7)9-2-8(10)3-9/h4-6,8-9,13H,2-3,10H2,1H3/t6?,8-,9-. The van der Waals surface area contributed by atoms with Crippen LogP contribution in [0.2, 0.25) is 0 Å². The lowest BCUT2D eigenvalue weighted by Gasteiger charge is -2.32. The molecule has 0 spiro atoms. The summed E-state index contributed by atoms with van der Waals surface area (Å²) in [6, 6.07) is 0.784. The summed E-state index contributed by atoms with van der Waals surface area (Å²) < 4.78 is 1.91. The van der Waals surface area contributed by atoms with E-state index >= 15 is 0 Å². The second-order valence-corrected chi connectivity index (χ2v) is 3.81. The van der Waals surface area contributed by atoms with E-state index in [0.29, 0.717) is 12.1 Å². The van der Waals surface area contributed by atoms with E-state index in [4.69, 9.17) is 5.73 Å². The second kappa shape index (κ2) is 3.12. The minimum absolute atomic E-state index is 0.337. The van der Waals surface area contributed by atoms with E-state index in [1.165, 1.54) is 0 Å². The summed E-state index contributed by atoms with van der Waals surface area (Å²) in [5.74, 6) is 0. The first-order chi connectivity index (χ1) is 6.16. The van der Waals surface area contributed by atoms with Gasteiger partial charge in [-0.15, -0.1) is 0 Å². The third-order valence-corrected chi connectivity index (χ3v) is 2.63. The van der Waals surface area contributed by atoms with Gasteiger partial charge in [0.15, 0.2) is 0 Å². The van der Waals surface area contributed by atoms with Crippen molar-refractivity contribution in [2.75, 3.05) is 0 Å². The van der Waals surface area contributed by atoms with E-state index in [-0.39, 0.29) is 0 Å². The predicted molar refractivity (Wildman–Crippen MR) is 49.1 cm³/mol. The normalized spacial score (nSPS) is 29.8. The molecule has 1 aliphatic rings. The van der Waals surface area contributed by atoms with Crippen LogP contribution in [0.25, 0.3) is 0 Å². The number of aliphatic hydroxyl groups excluding tert-OH is 1. The Balaban J connectivity index is 2.06. The Kier molecular flexibility index (Phi) is 2.09. The van der Waals surface area contributed by atoms with Gasteiger partial charge in [0.1, 0.15) is 0 Å². The van der Waals surface area contributed by atoms with Crippen molar-refractivity contribution in [1.29, 1.82) is 0 Å². The number of nitrogens with two attached hydrogens (primary N) is 1. The Morgan fingerprint density at radius 2 is 2.38 bits per heavy atom. The van der Waals surface area contributed by atoms with E-state index in [2.05, 4.69) is 5.10 Å². The zero-order valence-corrected chi connectivity index (χ0v) is 7.72. The zero-order valence-electron chi connectivity index (χ0n) is 7.72. The molecule has 1 aromatic heterocycles. The van der Waals surface area contributed by atoms with Gasteiger partial charge >= 0.3 is 0 Å². The van der Waals surface area contributed by atoms with Crippen molar-refractivity contribution in [2.45, 2.75) is 38.0 Å². The summed E-state index contributed by atoms with van der Waals surface area (Å²) in [6.07, 6.45) is 5.19. The lowest BCUT2D eigenvalue weighted by Crippen LogP contribution is -2.37. The fourth-order valence-electron chi connectivity index (χ4n) is 1.61. The topological polar surface area (TPSA) is 64.1 Å². The number of aliphatic hydroxyl groups is 1. The number of rotatable bonds is 2. The molecule has 1 atom stereocenters. The summed E-state index contributed by atoms with van der Waals surface area (Å²) in [4.78, 5) is 0. The first-order valence-electron chi connectivity index (χ1n) is 4.64. The van der Waals surface area contributed by atoms with Crippen molar-refractivity contribution in [3.63, 3.8) is 0 Å². The van der Waals surface area contributed by atoms with Crippen molar-refractivity contribution >= 4 is 0 Å². The van der Waals surface area contributed by atoms with E-state index in [9.17, 15) is 5.11 Å². The van der Waals surface area contributed by atoms with Crippen LogP contribution in [0.4, 0.5) is 0 Å². The van der Waals surface area contributed by atoms with Crippen LogP contribution in [0.15, 0.2) is 12.4 Å². The molecular weight excluding hydrogens is 166 g/mol. The van der Waals surface area contributed by atoms with Crippen LogP contribution in [0.5, 0.6) is 0 Å². The van der Waals surface area contributed by atoms with E-state index in [1.807, 2.05) is 10.9 Å². The molecule has 72 valence electrons. The molecule has 1 aliphatic carbocycles. The lowest BCUT2D eigenvalue weighted by molar-refractivity contribution is 0.198. The molecule has 4 nitrogen and oxygen atoms in total. The number of nitrogens with zero attached hydrogens (tertiary/aromatic N) is 2. The Morgan fingerprint density at radius 3 is 2.85 bits per heavy atom. The molecule has 1 fully saturated rings. The molecule has 0 aliphatic heterocycles. The van der Waals surface area contributed by atoms with Crippen molar-refractivity contribution in [1.82, 2.24) is 9.78 Å². The van der Waals surface area contributed by atoms with E-state index in [0.717, 1.165) is 18.4 Å². The highest BCUT2D eigenvalue weighted by Gasteiger charge is 2.28. The van der Waals surface area contributed by atoms with Crippen molar-refractivity contribution < 1.29 is 5.11 Å². The van der Waals surface area contributed by atoms with Gasteiger partial charge in [0.05, 0.1) is 18.3 Å². The second-order valence-electron chi connectivity index (χ2n) is 3.81. The number of aromatic nitrogens is 2. The first kappa shape index (κ1) is 8.72. The van der Waals surface area contributed by atoms with Gasteiger partial charge in [-0.05, 0) is 19.8 Å². The van der Waals surface area contributed by atoms with Gasteiger partial charge in [-0.2, -0.15) is 5.10 Å². The molecule has 1 aromatic rings. The Bertz CT molecular complexity index is 289. The lowest BCUT2D eigenvalue weighted by atomic mass is 9.88. The Hall–Kier alpha value is -0.870. The SMILES string of the molecule is CC(O)c1cnn([C@H]2C[C@H](N)C2)c1. The minimum Gasteiger partial charge on any atom is -0.389 e. The quantitative estimate of drug-likeness (QED) is 0.702. The summed E-state index contributed by atoms with van der Waals surface area (Å²) in [7, 11) is 0. The van der Waals surface area contributed by atoms with Gasteiger partial charge < -0.3 is 10.8 Å². The average molecular weight is 181 g/mol. The number of hydrogen-bond donors (Lipinski definition) is 2. The van der Waals surface area contributed by atoms with Crippen LogP contribution in [0, 0.1) is 0 Å². The van der Waals surface area contributed by atoms with Crippen LogP contribution in [0.3, 0.4) is 0 Å². The summed E-state index contributed by atoms with van der Waals surface area (Å²) >= 11 is 0. The largest absolute Gasteiger partial charge is 0.389 e. The molecule has 1 heterocycles. The summed E-state index contributed by atoms with van der Waals surface area (Å²) in [5, 5.41) is 13.5. The highest BCUT2D eigenvalue weighted by Crippen LogP contribution is 2.30.